The van der Waals surface area contributed by atoms with Gasteiger partial charge in [0.15, 0.2) is 0 Å². The molecule has 0 atom stereocenters. The summed E-state index contributed by atoms with van der Waals surface area (Å²) < 4.78 is 11.6. The first kappa shape index (κ1) is 19.0. The number of carbonyl (C=O) groups is 1. The minimum Gasteiger partial charge on any atom is -0.490 e. The van der Waals surface area contributed by atoms with Crippen molar-refractivity contribution in [3.63, 3.8) is 0 Å². The van der Waals surface area contributed by atoms with Crippen molar-refractivity contribution >= 4 is 11.6 Å². The van der Waals surface area contributed by atoms with E-state index in [2.05, 4.69) is 17.4 Å². The molecule has 1 saturated heterocycles. The number of amides is 1. The number of hydrogen-bond acceptors (Lipinski definition) is 4. The maximum absolute atomic E-state index is 12.2. The topological polar surface area (TPSA) is 73.6 Å². The summed E-state index contributed by atoms with van der Waals surface area (Å²) in [5.41, 5.74) is 9.95. The number of nitrogens with one attached hydrogen (secondary N) is 1. The summed E-state index contributed by atoms with van der Waals surface area (Å²) in [5.74, 6) is 1.16. The molecule has 2 fully saturated rings. The van der Waals surface area contributed by atoms with Gasteiger partial charge in [0.25, 0.3) is 0 Å². The lowest BCUT2D eigenvalue weighted by Gasteiger charge is -2.25. The largest absolute Gasteiger partial charge is 0.490 e. The molecule has 1 amide bonds. The Labute approximate surface area is 166 Å². The second-order valence-corrected chi connectivity index (χ2v) is 7.65. The van der Waals surface area contributed by atoms with Crippen LogP contribution in [0.4, 0.5) is 5.69 Å². The van der Waals surface area contributed by atoms with E-state index in [9.17, 15) is 4.79 Å². The molecule has 28 heavy (non-hydrogen) atoms. The second-order valence-electron chi connectivity index (χ2n) is 7.65. The van der Waals surface area contributed by atoms with Crippen LogP contribution < -0.4 is 15.8 Å². The molecule has 3 N–H and O–H groups in total. The van der Waals surface area contributed by atoms with E-state index in [4.69, 9.17) is 15.2 Å². The van der Waals surface area contributed by atoms with E-state index in [1.54, 1.807) is 0 Å². The molecule has 0 spiro atoms. The van der Waals surface area contributed by atoms with Crippen LogP contribution in [0.5, 0.6) is 5.75 Å². The molecule has 148 valence electrons. The summed E-state index contributed by atoms with van der Waals surface area (Å²) in [4.78, 5) is 12.2. The van der Waals surface area contributed by atoms with Gasteiger partial charge in [-0.3, -0.25) is 4.79 Å². The van der Waals surface area contributed by atoms with Gasteiger partial charge in [0.1, 0.15) is 11.9 Å². The van der Waals surface area contributed by atoms with Gasteiger partial charge in [0, 0.05) is 36.6 Å². The number of rotatable bonds is 6. The standard InChI is InChI=1S/C23H28N2O3/c24-15-19-13-18(7-8-22(19)28-21-9-11-27-12-10-21)17-5-2-6-20(14-17)25-23(26)16-3-1-4-16/h2,5-8,13-14,16,21H,1,3-4,9-12,15,24H2,(H,25,26). The molecule has 1 aliphatic carbocycles. The monoisotopic (exact) mass is 380 g/mol. The van der Waals surface area contributed by atoms with Gasteiger partial charge < -0.3 is 20.5 Å². The molecule has 1 aliphatic heterocycles. The molecule has 2 aromatic rings. The molecule has 4 rings (SSSR count). The summed E-state index contributed by atoms with van der Waals surface area (Å²) in [6.45, 7) is 1.92. The van der Waals surface area contributed by atoms with Crippen molar-refractivity contribution in [2.45, 2.75) is 44.8 Å². The average Bonchev–Trinajstić information content (AvgIpc) is 2.68. The highest BCUT2D eigenvalue weighted by Gasteiger charge is 2.25. The van der Waals surface area contributed by atoms with Gasteiger partial charge in [0.2, 0.25) is 5.91 Å². The maximum Gasteiger partial charge on any atom is 0.227 e. The summed E-state index contributed by atoms with van der Waals surface area (Å²) >= 11 is 0. The molecule has 1 heterocycles. The van der Waals surface area contributed by atoms with Crippen LogP contribution in [-0.4, -0.2) is 25.2 Å². The van der Waals surface area contributed by atoms with Crippen molar-refractivity contribution in [1.82, 2.24) is 0 Å². The third-order valence-electron chi connectivity index (χ3n) is 5.68. The van der Waals surface area contributed by atoms with Crippen LogP contribution >= 0.6 is 0 Å². The van der Waals surface area contributed by atoms with Gasteiger partial charge in [-0.25, -0.2) is 0 Å². The highest BCUT2D eigenvalue weighted by atomic mass is 16.5. The molecule has 2 aliphatic rings. The fourth-order valence-electron chi connectivity index (χ4n) is 3.70. The van der Waals surface area contributed by atoms with Gasteiger partial charge in [-0.1, -0.05) is 24.6 Å². The second kappa shape index (κ2) is 8.76. The van der Waals surface area contributed by atoms with Crippen molar-refractivity contribution in [1.29, 1.82) is 0 Å². The summed E-state index contributed by atoms with van der Waals surface area (Å²) in [6.07, 6.45) is 5.17. The zero-order chi connectivity index (χ0) is 19.3. The van der Waals surface area contributed by atoms with E-state index in [-0.39, 0.29) is 17.9 Å². The van der Waals surface area contributed by atoms with Crippen LogP contribution in [0.15, 0.2) is 42.5 Å². The smallest absolute Gasteiger partial charge is 0.227 e. The summed E-state index contributed by atoms with van der Waals surface area (Å²) in [7, 11) is 0. The highest BCUT2D eigenvalue weighted by Crippen LogP contribution is 2.31. The number of nitrogens with two attached hydrogens (primary N) is 1. The van der Waals surface area contributed by atoms with E-state index >= 15 is 0 Å². The van der Waals surface area contributed by atoms with E-state index < -0.39 is 0 Å². The number of anilines is 1. The highest BCUT2D eigenvalue weighted by molar-refractivity contribution is 5.93. The van der Waals surface area contributed by atoms with Crippen molar-refractivity contribution in [3.8, 4) is 16.9 Å². The average molecular weight is 380 g/mol. The molecule has 0 bridgehead atoms. The zero-order valence-electron chi connectivity index (χ0n) is 16.2. The van der Waals surface area contributed by atoms with E-state index in [0.717, 1.165) is 73.4 Å². The Hall–Kier alpha value is -2.37. The molecule has 0 aromatic heterocycles. The first-order chi connectivity index (χ1) is 13.7. The van der Waals surface area contributed by atoms with Crippen LogP contribution in [0.1, 0.15) is 37.7 Å². The Kier molecular flexibility index (Phi) is 5.93. The number of hydrogen-bond donors (Lipinski definition) is 2. The Morgan fingerprint density at radius 1 is 1.07 bits per heavy atom. The molecule has 2 aromatic carbocycles. The molecular weight excluding hydrogens is 352 g/mol. The van der Waals surface area contributed by atoms with Crippen molar-refractivity contribution in [2.24, 2.45) is 11.7 Å². The Morgan fingerprint density at radius 2 is 1.86 bits per heavy atom. The van der Waals surface area contributed by atoms with Gasteiger partial charge in [-0.15, -0.1) is 0 Å². The fraction of sp³-hybridized carbons (Fsp3) is 0.435. The molecule has 0 unspecified atom stereocenters. The Balaban J connectivity index is 1.50. The number of benzene rings is 2. The van der Waals surface area contributed by atoms with Crippen LogP contribution in [0, 0.1) is 5.92 Å². The minimum atomic E-state index is 0.131. The first-order valence-electron chi connectivity index (χ1n) is 10.2. The number of ether oxygens (including phenoxy) is 2. The third-order valence-corrected chi connectivity index (χ3v) is 5.68. The predicted molar refractivity (Wildman–Crippen MR) is 110 cm³/mol. The summed E-state index contributed by atoms with van der Waals surface area (Å²) in [5, 5.41) is 3.05. The van der Waals surface area contributed by atoms with Gasteiger partial charge in [0.05, 0.1) is 13.2 Å². The SMILES string of the molecule is NCc1cc(-c2cccc(NC(=O)C3CCC3)c2)ccc1OC1CCOCC1. The molecular formula is C23H28N2O3. The lowest BCUT2D eigenvalue weighted by atomic mass is 9.85. The zero-order valence-corrected chi connectivity index (χ0v) is 16.2. The van der Waals surface area contributed by atoms with Crippen LogP contribution in [-0.2, 0) is 16.1 Å². The first-order valence-corrected chi connectivity index (χ1v) is 10.2. The normalized spacial score (nSPS) is 17.8. The fourth-order valence-corrected chi connectivity index (χ4v) is 3.70. The lowest BCUT2D eigenvalue weighted by Crippen LogP contribution is -2.27. The van der Waals surface area contributed by atoms with E-state index in [0.29, 0.717) is 6.54 Å². The van der Waals surface area contributed by atoms with Crippen LogP contribution in [0.25, 0.3) is 11.1 Å². The molecule has 5 nitrogen and oxygen atoms in total. The Morgan fingerprint density at radius 3 is 2.57 bits per heavy atom. The van der Waals surface area contributed by atoms with Crippen LogP contribution in [0.2, 0.25) is 0 Å². The van der Waals surface area contributed by atoms with Gasteiger partial charge >= 0.3 is 0 Å². The quantitative estimate of drug-likeness (QED) is 0.791. The van der Waals surface area contributed by atoms with E-state index in [1.807, 2.05) is 30.3 Å². The van der Waals surface area contributed by atoms with Crippen molar-refractivity contribution < 1.29 is 14.3 Å². The van der Waals surface area contributed by atoms with Crippen LogP contribution in [0.3, 0.4) is 0 Å². The van der Waals surface area contributed by atoms with Crippen molar-refractivity contribution in [2.75, 3.05) is 18.5 Å². The molecule has 0 radical (unpaired) electrons. The molecule has 1 saturated carbocycles. The summed E-state index contributed by atoms with van der Waals surface area (Å²) in [6, 6.07) is 14.1. The maximum atomic E-state index is 12.2. The lowest BCUT2D eigenvalue weighted by molar-refractivity contribution is -0.122. The van der Waals surface area contributed by atoms with E-state index in [1.165, 1.54) is 0 Å². The van der Waals surface area contributed by atoms with Gasteiger partial charge in [-0.05, 0) is 48.2 Å². The predicted octanol–water partition coefficient (Wildman–Crippen LogP) is 4.11. The third kappa shape index (κ3) is 4.37. The minimum absolute atomic E-state index is 0.131. The van der Waals surface area contributed by atoms with Crippen molar-refractivity contribution in [3.05, 3.63) is 48.0 Å². The Bertz CT molecular complexity index is 826. The van der Waals surface area contributed by atoms with Gasteiger partial charge in [-0.2, -0.15) is 0 Å². The number of carbonyl (C=O) groups excluding carboxylic acids is 1. The molecule has 5 heteroatoms.